The first-order valence-corrected chi connectivity index (χ1v) is 8.54. The fraction of sp³-hybridized carbons (Fsp3) is 0.250. The Kier molecular flexibility index (Phi) is 5.17. The molecule has 2 N–H and O–H groups in total. The molecule has 0 radical (unpaired) electrons. The molecule has 1 amide bonds. The number of benzene rings is 1. The molecule has 0 saturated heterocycles. The van der Waals surface area contributed by atoms with Crippen LogP contribution in [-0.4, -0.2) is 32.7 Å². The summed E-state index contributed by atoms with van der Waals surface area (Å²) in [6.07, 6.45) is 0. The summed E-state index contributed by atoms with van der Waals surface area (Å²) in [5, 5.41) is 19.7. The van der Waals surface area contributed by atoms with Gasteiger partial charge in [0.15, 0.2) is 5.82 Å². The Morgan fingerprint density at radius 1 is 1.29 bits per heavy atom. The summed E-state index contributed by atoms with van der Waals surface area (Å²) in [7, 11) is 0. The van der Waals surface area contributed by atoms with Crippen molar-refractivity contribution < 1.29 is 4.79 Å². The maximum atomic E-state index is 11.9. The number of nitrogens with zero attached hydrogens (tertiary/aromatic N) is 4. The van der Waals surface area contributed by atoms with E-state index in [1.54, 1.807) is 16.0 Å². The zero-order valence-electron chi connectivity index (χ0n) is 13.3. The van der Waals surface area contributed by atoms with Crippen LogP contribution >= 0.6 is 11.3 Å². The second kappa shape index (κ2) is 7.69. The van der Waals surface area contributed by atoms with Gasteiger partial charge in [-0.2, -0.15) is 0 Å². The first-order valence-electron chi connectivity index (χ1n) is 7.66. The summed E-state index contributed by atoms with van der Waals surface area (Å²) in [5.41, 5.74) is 1.76. The number of hydrogen-bond acceptors (Lipinski definition) is 6. The number of tetrazole rings is 1. The van der Waals surface area contributed by atoms with E-state index in [4.69, 9.17) is 0 Å². The van der Waals surface area contributed by atoms with Gasteiger partial charge >= 0.3 is 0 Å². The number of thiophene rings is 1. The van der Waals surface area contributed by atoms with Crippen molar-refractivity contribution in [2.75, 3.05) is 11.9 Å². The molecule has 0 fully saturated rings. The Morgan fingerprint density at radius 3 is 3.00 bits per heavy atom. The van der Waals surface area contributed by atoms with Gasteiger partial charge in [-0.05, 0) is 40.9 Å². The second-order valence-electron chi connectivity index (χ2n) is 5.11. The number of aromatic nitrogens is 4. The molecule has 0 saturated carbocycles. The topological polar surface area (TPSA) is 84.7 Å². The zero-order valence-corrected chi connectivity index (χ0v) is 14.1. The molecule has 8 heteroatoms. The van der Waals surface area contributed by atoms with Crippen LogP contribution in [0.15, 0.2) is 41.8 Å². The van der Waals surface area contributed by atoms with Crippen molar-refractivity contribution in [1.82, 2.24) is 25.5 Å². The van der Waals surface area contributed by atoms with Crippen molar-refractivity contribution in [3.8, 4) is 11.4 Å². The van der Waals surface area contributed by atoms with Crippen LogP contribution in [0.3, 0.4) is 0 Å². The highest BCUT2D eigenvalue weighted by Gasteiger charge is 2.08. The molecule has 0 spiro atoms. The lowest BCUT2D eigenvalue weighted by Crippen LogP contribution is -2.29. The van der Waals surface area contributed by atoms with Crippen molar-refractivity contribution in [1.29, 1.82) is 0 Å². The Morgan fingerprint density at radius 2 is 2.21 bits per heavy atom. The Balaban J connectivity index is 1.57. The number of carbonyl (C=O) groups is 1. The van der Waals surface area contributed by atoms with Crippen molar-refractivity contribution in [3.05, 3.63) is 46.7 Å². The third kappa shape index (κ3) is 3.96. The minimum atomic E-state index is -0.0489. The lowest BCUT2D eigenvalue weighted by atomic mass is 10.2. The Hall–Kier alpha value is -2.74. The van der Waals surface area contributed by atoms with Crippen molar-refractivity contribution >= 4 is 22.9 Å². The highest BCUT2D eigenvalue weighted by Crippen LogP contribution is 2.19. The van der Waals surface area contributed by atoms with Crippen LogP contribution in [0.2, 0.25) is 0 Å². The fourth-order valence-corrected chi connectivity index (χ4v) is 2.88. The predicted octanol–water partition coefficient (Wildman–Crippen LogP) is 2.15. The van der Waals surface area contributed by atoms with Crippen molar-refractivity contribution in [2.24, 2.45) is 0 Å². The molecule has 3 rings (SSSR count). The average Bonchev–Trinajstić information content (AvgIpc) is 3.29. The molecule has 0 atom stereocenters. The minimum absolute atomic E-state index is 0.0489. The summed E-state index contributed by atoms with van der Waals surface area (Å²) in [4.78, 5) is 13.1. The molecule has 0 unspecified atom stereocenters. The number of rotatable bonds is 7. The van der Waals surface area contributed by atoms with Gasteiger partial charge in [-0.15, -0.1) is 16.4 Å². The van der Waals surface area contributed by atoms with Gasteiger partial charge in [0.25, 0.3) is 0 Å². The molecule has 2 heterocycles. The maximum Gasteiger partial charge on any atom is 0.239 e. The first kappa shape index (κ1) is 16.1. The van der Waals surface area contributed by atoms with Gasteiger partial charge in [-0.25, -0.2) is 4.68 Å². The van der Waals surface area contributed by atoms with Gasteiger partial charge in [-0.1, -0.05) is 18.2 Å². The van der Waals surface area contributed by atoms with Crippen LogP contribution in [0, 0.1) is 0 Å². The van der Waals surface area contributed by atoms with Gasteiger partial charge < -0.3 is 10.6 Å². The SMILES string of the molecule is CCn1nnnc1-c1cccc(NCC(=O)NCc2cccs2)c1. The van der Waals surface area contributed by atoms with Crippen LogP contribution in [-0.2, 0) is 17.9 Å². The van der Waals surface area contributed by atoms with E-state index in [0.717, 1.165) is 16.1 Å². The van der Waals surface area contributed by atoms with Gasteiger partial charge in [0.2, 0.25) is 5.91 Å². The fourth-order valence-electron chi connectivity index (χ4n) is 2.24. The smallest absolute Gasteiger partial charge is 0.239 e. The molecule has 24 heavy (non-hydrogen) atoms. The number of anilines is 1. The predicted molar refractivity (Wildman–Crippen MR) is 93.6 cm³/mol. The number of carbonyl (C=O) groups excluding carboxylic acids is 1. The molecule has 2 aromatic heterocycles. The first-order chi connectivity index (χ1) is 11.8. The van der Waals surface area contributed by atoms with Gasteiger partial charge in [0, 0.05) is 22.7 Å². The molecular formula is C16H18N6OS. The van der Waals surface area contributed by atoms with Crippen molar-refractivity contribution in [2.45, 2.75) is 20.0 Å². The number of amides is 1. The molecule has 3 aromatic rings. The minimum Gasteiger partial charge on any atom is -0.376 e. The highest BCUT2D eigenvalue weighted by molar-refractivity contribution is 7.09. The molecule has 0 aliphatic heterocycles. The summed E-state index contributed by atoms with van der Waals surface area (Å²) in [5.74, 6) is 0.662. The van der Waals surface area contributed by atoms with E-state index in [1.165, 1.54) is 0 Å². The van der Waals surface area contributed by atoms with Gasteiger partial charge in [0.1, 0.15) is 0 Å². The monoisotopic (exact) mass is 342 g/mol. The van der Waals surface area contributed by atoms with Gasteiger partial charge in [0.05, 0.1) is 13.1 Å². The maximum absolute atomic E-state index is 11.9. The molecule has 0 aliphatic carbocycles. The van der Waals surface area contributed by atoms with Crippen LogP contribution in [0.5, 0.6) is 0 Å². The molecule has 1 aromatic carbocycles. The second-order valence-corrected chi connectivity index (χ2v) is 6.14. The molecule has 7 nitrogen and oxygen atoms in total. The summed E-state index contributed by atoms with van der Waals surface area (Å²) in [6.45, 7) is 3.46. The standard InChI is InChI=1S/C16H18N6OS/c1-2-22-16(19-20-21-22)12-5-3-6-13(9-12)17-11-15(23)18-10-14-7-4-8-24-14/h3-9,17H,2,10-11H2,1H3,(H,18,23). The third-order valence-corrected chi connectivity index (χ3v) is 4.32. The summed E-state index contributed by atoms with van der Waals surface area (Å²) < 4.78 is 1.73. The van der Waals surface area contributed by atoms with Crippen LogP contribution in [0.4, 0.5) is 5.69 Å². The average molecular weight is 342 g/mol. The number of nitrogens with one attached hydrogen (secondary N) is 2. The van der Waals surface area contributed by atoms with Crippen LogP contribution < -0.4 is 10.6 Å². The van der Waals surface area contributed by atoms with E-state index in [-0.39, 0.29) is 12.5 Å². The molecule has 0 bridgehead atoms. The molecular weight excluding hydrogens is 324 g/mol. The Labute approximate surface area is 143 Å². The van der Waals surface area contributed by atoms with Crippen molar-refractivity contribution in [3.63, 3.8) is 0 Å². The molecule has 124 valence electrons. The normalized spacial score (nSPS) is 10.5. The number of aryl methyl sites for hydroxylation is 1. The number of hydrogen-bond donors (Lipinski definition) is 2. The third-order valence-electron chi connectivity index (χ3n) is 3.45. The van der Waals surface area contributed by atoms with Crippen LogP contribution in [0.25, 0.3) is 11.4 Å². The lowest BCUT2D eigenvalue weighted by molar-refractivity contribution is -0.119. The van der Waals surface area contributed by atoms with Gasteiger partial charge in [-0.3, -0.25) is 4.79 Å². The van der Waals surface area contributed by atoms with E-state index in [9.17, 15) is 4.79 Å². The van der Waals surface area contributed by atoms with E-state index in [2.05, 4.69) is 26.2 Å². The van der Waals surface area contributed by atoms with E-state index in [1.807, 2.05) is 48.7 Å². The lowest BCUT2D eigenvalue weighted by Gasteiger charge is -2.08. The van der Waals surface area contributed by atoms with E-state index in [0.29, 0.717) is 18.9 Å². The molecule has 0 aliphatic rings. The summed E-state index contributed by atoms with van der Waals surface area (Å²) >= 11 is 1.63. The highest BCUT2D eigenvalue weighted by atomic mass is 32.1. The quantitative estimate of drug-likeness (QED) is 0.687. The van der Waals surface area contributed by atoms with E-state index >= 15 is 0 Å². The Bertz CT molecular complexity index is 799. The summed E-state index contributed by atoms with van der Waals surface area (Å²) in [6, 6.07) is 11.7. The largest absolute Gasteiger partial charge is 0.376 e. The van der Waals surface area contributed by atoms with Crippen LogP contribution in [0.1, 0.15) is 11.8 Å². The van der Waals surface area contributed by atoms with E-state index < -0.39 is 0 Å². The zero-order chi connectivity index (χ0) is 16.8.